The van der Waals surface area contributed by atoms with Gasteiger partial charge < -0.3 is 10.6 Å². The lowest BCUT2D eigenvalue weighted by atomic mass is 10.3. The first-order chi connectivity index (χ1) is 13.9. The number of carbonyl (C=O) groups excluding carboxylic acids is 2. The van der Waals surface area contributed by atoms with E-state index in [-0.39, 0.29) is 40.6 Å². The van der Waals surface area contributed by atoms with E-state index in [2.05, 4.69) is 51.2 Å². The van der Waals surface area contributed by atoms with E-state index in [4.69, 9.17) is 5.21 Å². The molecule has 0 unspecified atom stereocenters. The highest BCUT2D eigenvalue weighted by molar-refractivity contribution is 9.10. The number of benzene rings is 1. The maximum atomic E-state index is 13.5. The van der Waals surface area contributed by atoms with Crippen molar-refractivity contribution in [2.75, 3.05) is 18.4 Å². The summed E-state index contributed by atoms with van der Waals surface area (Å²) in [6.07, 6.45) is 0. The highest BCUT2D eigenvalue weighted by atomic mass is 79.9. The van der Waals surface area contributed by atoms with Crippen molar-refractivity contribution < 1.29 is 28.3 Å². The van der Waals surface area contributed by atoms with E-state index < -0.39 is 23.4 Å². The summed E-state index contributed by atoms with van der Waals surface area (Å²) >= 11 is 3.03. The van der Waals surface area contributed by atoms with Gasteiger partial charge >= 0.3 is 17.6 Å². The fourth-order valence-corrected chi connectivity index (χ4v) is 2.56. The van der Waals surface area contributed by atoms with Crippen LogP contribution >= 0.6 is 15.9 Å². The average Bonchev–Trinajstić information content (AvgIpc) is 3.32. The fourth-order valence-electron chi connectivity index (χ4n) is 2.19. The molecule has 0 aliphatic carbocycles. The van der Waals surface area contributed by atoms with Crippen LogP contribution in [0.1, 0.15) is 0 Å². The Morgan fingerprint density at radius 3 is 2.72 bits per heavy atom. The Bertz CT molecular complexity index is 1110. The minimum absolute atomic E-state index is 0.00993. The highest BCUT2D eigenvalue weighted by Crippen LogP contribution is 2.25. The van der Waals surface area contributed by atoms with Crippen LogP contribution in [-0.4, -0.2) is 50.1 Å². The molecule has 3 rings (SSSR count). The first kappa shape index (κ1) is 20.2. The third-order valence-electron chi connectivity index (χ3n) is 3.48. The predicted octanol–water partition coefficient (Wildman–Crippen LogP) is -0.189. The minimum Gasteiger partial charge on any atom is -0.363 e. The maximum absolute atomic E-state index is 13.5. The molecule has 152 valence electrons. The molecule has 0 fully saturated rings. The first-order valence-electron chi connectivity index (χ1n) is 7.75. The van der Waals surface area contributed by atoms with Crippen LogP contribution in [0.3, 0.4) is 0 Å². The fraction of sp³-hybridized carbons (Fsp3) is 0.143. The van der Waals surface area contributed by atoms with Crippen LogP contribution in [0.2, 0.25) is 0 Å². The Balaban J connectivity index is 1.79. The Kier molecular flexibility index (Phi) is 5.99. The molecule has 0 spiro atoms. The van der Waals surface area contributed by atoms with Gasteiger partial charge in [-0.1, -0.05) is 5.16 Å². The van der Waals surface area contributed by atoms with Crippen LogP contribution in [0.4, 0.5) is 10.2 Å². The summed E-state index contributed by atoms with van der Waals surface area (Å²) in [6, 6.07) is 3.83. The van der Waals surface area contributed by atoms with E-state index >= 15 is 0 Å². The molecular weight excluding hydrogens is 461 g/mol. The van der Waals surface area contributed by atoms with Crippen LogP contribution in [0.25, 0.3) is 17.2 Å². The molecule has 0 aliphatic heterocycles. The summed E-state index contributed by atoms with van der Waals surface area (Å²) in [5.41, 5.74) is 1.45. The van der Waals surface area contributed by atoms with Crippen molar-refractivity contribution in [2.24, 2.45) is 0 Å². The molecule has 3 aromatic rings. The number of halogens is 2. The third kappa shape index (κ3) is 4.30. The van der Waals surface area contributed by atoms with Crippen molar-refractivity contribution in [2.45, 2.75) is 0 Å². The summed E-state index contributed by atoms with van der Waals surface area (Å²) in [4.78, 5) is 34.2. The van der Waals surface area contributed by atoms with Gasteiger partial charge in [-0.25, -0.2) is 23.9 Å². The molecule has 2 heterocycles. The van der Waals surface area contributed by atoms with Gasteiger partial charge in [0.15, 0.2) is 5.69 Å². The van der Waals surface area contributed by atoms with E-state index in [1.165, 1.54) is 17.6 Å². The van der Waals surface area contributed by atoms with Crippen molar-refractivity contribution in [1.82, 2.24) is 30.8 Å². The number of hydrogen-bond donors (Lipinski definition) is 4. The molecule has 0 radical (unpaired) electrons. The maximum Gasteiger partial charge on any atom is 0.446 e. The molecular formula is C14H11BrFN7O6. The normalized spacial score (nSPS) is 10.6. The summed E-state index contributed by atoms with van der Waals surface area (Å²) in [5.74, 6) is -3.64. The molecule has 15 heteroatoms. The van der Waals surface area contributed by atoms with Gasteiger partial charge in [0.25, 0.3) is 0 Å². The summed E-state index contributed by atoms with van der Waals surface area (Å²) in [5, 5.41) is 24.3. The van der Waals surface area contributed by atoms with Crippen molar-refractivity contribution in [3.8, 4) is 17.2 Å². The standard InChI is InChI=1S/C14H11BrFN7O6/c15-7-5-6(1-2-8(7)16)23-11(22-28-14(23)26)9-10(21-29-20-9)17-3-4-18-12(24)13(25)19-27/h1-2,5,27H,3-4H2,(H,17,21)(H,18,24)(H,19,25). The topological polar surface area (TPSA) is 177 Å². The second-order valence-corrected chi connectivity index (χ2v) is 6.15. The predicted molar refractivity (Wildman–Crippen MR) is 94.5 cm³/mol. The van der Waals surface area contributed by atoms with Crippen molar-refractivity contribution in [3.05, 3.63) is 39.0 Å². The van der Waals surface area contributed by atoms with Gasteiger partial charge in [0.1, 0.15) is 5.82 Å². The largest absolute Gasteiger partial charge is 0.446 e. The first-order valence-corrected chi connectivity index (χ1v) is 8.55. The third-order valence-corrected chi connectivity index (χ3v) is 4.08. The van der Waals surface area contributed by atoms with Crippen molar-refractivity contribution in [3.63, 3.8) is 0 Å². The van der Waals surface area contributed by atoms with Crippen molar-refractivity contribution in [1.29, 1.82) is 0 Å². The Morgan fingerprint density at radius 2 is 2.00 bits per heavy atom. The number of rotatable bonds is 6. The van der Waals surface area contributed by atoms with Gasteiger partial charge in [-0.05, 0) is 44.4 Å². The van der Waals surface area contributed by atoms with E-state index in [9.17, 15) is 18.8 Å². The molecule has 29 heavy (non-hydrogen) atoms. The van der Waals surface area contributed by atoms with Crippen LogP contribution in [0, 0.1) is 5.82 Å². The average molecular weight is 472 g/mol. The number of nitrogens with zero attached hydrogens (tertiary/aromatic N) is 4. The van der Waals surface area contributed by atoms with Crippen LogP contribution in [0.5, 0.6) is 0 Å². The van der Waals surface area contributed by atoms with Crippen LogP contribution in [0.15, 0.2) is 36.6 Å². The highest BCUT2D eigenvalue weighted by Gasteiger charge is 2.23. The van der Waals surface area contributed by atoms with E-state index in [1.54, 1.807) is 0 Å². The molecule has 1 aromatic carbocycles. The van der Waals surface area contributed by atoms with Gasteiger partial charge in [0.05, 0.1) is 10.2 Å². The smallest absolute Gasteiger partial charge is 0.363 e. The SMILES string of the molecule is O=C(NO)C(=O)NCCNc1nonc1-c1noc(=O)n1-c1ccc(F)c(Br)c1. The second-order valence-electron chi connectivity index (χ2n) is 5.29. The Morgan fingerprint density at radius 1 is 1.21 bits per heavy atom. The number of hydrogen-bond acceptors (Lipinski definition) is 10. The van der Waals surface area contributed by atoms with Gasteiger partial charge in [-0.2, -0.15) is 0 Å². The zero-order valence-corrected chi connectivity index (χ0v) is 15.8. The van der Waals surface area contributed by atoms with E-state index in [0.717, 1.165) is 10.6 Å². The lowest BCUT2D eigenvalue weighted by Crippen LogP contribution is -2.40. The number of amides is 2. The second kappa shape index (κ2) is 8.61. The van der Waals surface area contributed by atoms with Gasteiger partial charge in [0, 0.05) is 13.1 Å². The number of nitrogens with one attached hydrogen (secondary N) is 3. The summed E-state index contributed by atoms with van der Waals surface area (Å²) in [6.45, 7) is 0.0604. The van der Waals surface area contributed by atoms with Crippen molar-refractivity contribution >= 4 is 33.6 Å². The molecule has 0 saturated heterocycles. The molecule has 2 aromatic heterocycles. The zero-order chi connectivity index (χ0) is 21.0. The Hall–Kier alpha value is -3.59. The summed E-state index contributed by atoms with van der Waals surface area (Å²) in [7, 11) is 0. The molecule has 0 aliphatic rings. The summed E-state index contributed by atoms with van der Waals surface area (Å²) < 4.78 is 24.0. The molecule has 0 atom stereocenters. The van der Waals surface area contributed by atoms with Crippen LogP contribution in [-0.2, 0) is 9.59 Å². The van der Waals surface area contributed by atoms with Gasteiger partial charge in [-0.3, -0.25) is 19.3 Å². The number of anilines is 1. The number of carbonyl (C=O) groups is 2. The molecule has 2 amide bonds. The van der Waals surface area contributed by atoms with Crippen LogP contribution < -0.4 is 21.9 Å². The monoisotopic (exact) mass is 471 g/mol. The molecule has 4 N–H and O–H groups in total. The molecule has 13 nitrogen and oxygen atoms in total. The number of aromatic nitrogens is 4. The lowest BCUT2D eigenvalue weighted by molar-refractivity contribution is -0.144. The molecule has 0 saturated carbocycles. The molecule has 0 bridgehead atoms. The minimum atomic E-state index is -1.22. The zero-order valence-electron chi connectivity index (χ0n) is 14.2. The lowest BCUT2D eigenvalue weighted by Gasteiger charge is -2.06. The Labute approximate surface area is 167 Å². The van der Waals surface area contributed by atoms with E-state index in [1.807, 2.05) is 0 Å². The number of hydroxylamine groups is 1. The quantitative estimate of drug-likeness (QED) is 0.163. The van der Waals surface area contributed by atoms with Gasteiger partial charge in [-0.15, -0.1) is 0 Å². The van der Waals surface area contributed by atoms with E-state index in [0.29, 0.717) is 0 Å². The van der Waals surface area contributed by atoms with Gasteiger partial charge in [0.2, 0.25) is 11.6 Å².